The number of hydrogen-bond acceptors (Lipinski definition) is 3. The van der Waals surface area contributed by atoms with Crippen molar-refractivity contribution in [2.75, 3.05) is 0 Å². The Morgan fingerprint density at radius 3 is 1.51 bits per heavy atom. The molecule has 0 atom stereocenters. The first-order valence-electron chi connectivity index (χ1n) is 16.8. The van der Waals surface area contributed by atoms with Crippen molar-refractivity contribution in [2.45, 2.75) is 19.3 Å². The van der Waals surface area contributed by atoms with Gasteiger partial charge in [-0.3, -0.25) is 0 Å². The molecule has 1 heterocycles. The van der Waals surface area contributed by atoms with E-state index >= 15 is 0 Å². The largest absolute Gasteiger partial charge is 0.208 e. The van der Waals surface area contributed by atoms with Crippen molar-refractivity contribution >= 4 is 10.8 Å². The lowest BCUT2D eigenvalue weighted by atomic mass is 9.82. The molecule has 0 amide bonds. The maximum Gasteiger partial charge on any atom is 0.164 e. The van der Waals surface area contributed by atoms with Crippen LogP contribution in [0.25, 0.3) is 78.3 Å². The minimum absolute atomic E-state index is 0.0245. The zero-order valence-electron chi connectivity index (χ0n) is 27.4. The third-order valence-electron chi connectivity index (χ3n) is 9.93. The average Bonchev–Trinajstić information content (AvgIpc) is 3.41. The lowest BCUT2D eigenvalue weighted by Gasteiger charge is -2.21. The van der Waals surface area contributed by atoms with Crippen molar-refractivity contribution < 1.29 is 0 Å². The number of rotatable bonds is 5. The minimum Gasteiger partial charge on any atom is -0.208 e. The van der Waals surface area contributed by atoms with E-state index in [-0.39, 0.29) is 5.41 Å². The highest BCUT2D eigenvalue weighted by Gasteiger charge is 2.36. The van der Waals surface area contributed by atoms with Gasteiger partial charge in [-0.05, 0) is 67.4 Å². The van der Waals surface area contributed by atoms with Crippen LogP contribution >= 0.6 is 0 Å². The Morgan fingerprint density at radius 2 is 0.837 bits per heavy atom. The smallest absolute Gasteiger partial charge is 0.164 e. The predicted octanol–water partition coefficient (Wildman–Crippen LogP) is 11.7. The molecule has 9 rings (SSSR count). The topological polar surface area (TPSA) is 38.7 Å². The molecular weight excluding hydrogens is 595 g/mol. The fraction of sp³-hybridized carbons (Fsp3) is 0.0652. The van der Waals surface area contributed by atoms with Crippen molar-refractivity contribution in [3.63, 3.8) is 0 Å². The van der Waals surface area contributed by atoms with E-state index in [0.717, 1.165) is 27.8 Å². The van der Waals surface area contributed by atoms with E-state index < -0.39 is 0 Å². The van der Waals surface area contributed by atoms with Crippen LogP contribution in [0.15, 0.2) is 164 Å². The summed E-state index contributed by atoms with van der Waals surface area (Å²) in [5.41, 5.74) is 13.0. The predicted molar refractivity (Wildman–Crippen MR) is 202 cm³/mol. The first-order chi connectivity index (χ1) is 24.0. The number of benzene rings is 7. The highest BCUT2D eigenvalue weighted by molar-refractivity contribution is 6.08. The Labute approximate surface area is 286 Å². The van der Waals surface area contributed by atoms with Crippen LogP contribution in [0.2, 0.25) is 0 Å². The third-order valence-corrected chi connectivity index (χ3v) is 9.93. The number of fused-ring (bicyclic) bond motifs is 5. The molecule has 0 fully saturated rings. The summed E-state index contributed by atoms with van der Waals surface area (Å²) >= 11 is 0. The Hall–Kier alpha value is -6.19. The molecule has 1 aliphatic carbocycles. The summed E-state index contributed by atoms with van der Waals surface area (Å²) in [7, 11) is 0. The summed E-state index contributed by atoms with van der Waals surface area (Å²) in [6.45, 7) is 4.68. The van der Waals surface area contributed by atoms with Crippen LogP contribution in [0.1, 0.15) is 25.0 Å². The quantitative estimate of drug-likeness (QED) is 0.191. The van der Waals surface area contributed by atoms with Crippen molar-refractivity contribution in [1.29, 1.82) is 0 Å². The van der Waals surface area contributed by atoms with Crippen molar-refractivity contribution in [3.8, 4) is 67.5 Å². The van der Waals surface area contributed by atoms with Gasteiger partial charge in [0.25, 0.3) is 0 Å². The maximum absolute atomic E-state index is 4.97. The molecule has 0 spiro atoms. The lowest BCUT2D eigenvalue weighted by molar-refractivity contribution is 0.661. The van der Waals surface area contributed by atoms with Crippen LogP contribution in [0.4, 0.5) is 0 Å². The van der Waals surface area contributed by atoms with Crippen LogP contribution in [0.3, 0.4) is 0 Å². The Morgan fingerprint density at radius 1 is 0.347 bits per heavy atom. The van der Waals surface area contributed by atoms with E-state index in [1.807, 2.05) is 60.7 Å². The van der Waals surface area contributed by atoms with Gasteiger partial charge in [0.05, 0.1) is 0 Å². The fourth-order valence-electron chi connectivity index (χ4n) is 7.45. The first kappa shape index (κ1) is 29.0. The molecule has 0 saturated heterocycles. The molecule has 0 radical (unpaired) electrons. The second-order valence-electron chi connectivity index (χ2n) is 13.3. The second kappa shape index (κ2) is 11.5. The van der Waals surface area contributed by atoms with Crippen molar-refractivity contribution in [3.05, 3.63) is 175 Å². The third kappa shape index (κ3) is 4.94. The van der Waals surface area contributed by atoms with E-state index in [0.29, 0.717) is 17.5 Å². The molecule has 3 heteroatoms. The zero-order valence-corrected chi connectivity index (χ0v) is 27.4. The minimum atomic E-state index is -0.0245. The highest BCUT2D eigenvalue weighted by atomic mass is 15.0. The standard InChI is InChI=1S/C46H33N3/c1-46(2)40-25-10-9-22-39(40)42-38-24-13-23-36(37(38)26-27-41(42)46)34-20-11-18-32(28-34)33-19-12-21-35(29-33)45-48-43(30-14-5-3-6-15-30)47-44(49-45)31-16-7-4-8-17-31/h3-29H,1-2H3. The van der Waals surface area contributed by atoms with Gasteiger partial charge < -0.3 is 0 Å². The summed E-state index contributed by atoms with van der Waals surface area (Å²) in [6, 6.07) is 57.9. The molecular formula is C46H33N3. The van der Waals surface area contributed by atoms with Gasteiger partial charge in [-0.1, -0.05) is 166 Å². The van der Waals surface area contributed by atoms with Crippen molar-refractivity contribution in [1.82, 2.24) is 15.0 Å². The van der Waals surface area contributed by atoms with E-state index in [9.17, 15) is 0 Å². The molecule has 8 aromatic rings. The zero-order chi connectivity index (χ0) is 33.0. The maximum atomic E-state index is 4.97. The van der Waals surface area contributed by atoms with Crippen LogP contribution < -0.4 is 0 Å². The monoisotopic (exact) mass is 627 g/mol. The molecule has 1 aliphatic rings. The lowest BCUT2D eigenvalue weighted by Crippen LogP contribution is -2.14. The molecule has 1 aromatic heterocycles. The van der Waals surface area contributed by atoms with Crippen LogP contribution in [-0.4, -0.2) is 15.0 Å². The first-order valence-corrected chi connectivity index (χ1v) is 16.8. The fourth-order valence-corrected chi connectivity index (χ4v) is 7.45. The molecule has 0 unspecified atom stereocenters. The van der Waals surface area contributed by atoms with Gasteiger partial charge in [-0.25, -0.2) is 15.0 Å². The van der Waals surface area contributed by atoms with Crippen LogP contribution in [-0.2, 0) is 5.41 Å². The summed E-state index contributed by atoms with van der Waals surface area (Å²) < 4.78 is 0. The van der Waals surface area contributed by atoms with Gasteiger partial charge in [0.15, 0.2) is 17.5 Å². The van der Waals surface area contributed by atoms with Crippen LogP contribution in [0.5, 0.6) is 0 Å². The second-order valence-corrected chi connectivity index (χ2v) is 13.3. The molecule has 0 aliphatic heterocycles. The summed E-state index contributed by atoms with van der Waals surface area (Å²) in [5, 5.41) is 2.57. The highest BCUT2D eigenvalue weighted by Crippen LogP contribution is 2.52. The molecule has 7 aromatic carbocycles. The summed E-state index contributed by atoms with van der Waals surface area (Å²) in [4.78, 5) is 14.8. The number of nitrogens with zero attached hydrogens (tertiary/aromatic N) is 3. The van der Waals surface area contributed by atoms with E-state index in [1.54, 1.807) is 0 Å². The normalized spacial score (nSPS) is 12.9. The van der Waals surface area contributed by atoms with Gasteiger partial charge in [-0.2, -0.15) is 0 Å². The molecule has 0 N–H and O–H groups in total. The Balaban J connectivity index is 1.14. The number of aromatic nitrogens is 3. The van der Waals surface area contributed by atoms with E-state index in [1.165, 1.54) is 44.2 Å². The van der Waals surface area contributed by atoms with Gasteiger partial charge in [0.1, 0.15) is 0 Å². The Kier molecular flexibility index (Phi) is 6.80. The van der Waals surface area contributed by atoms with E-state index in [2.05, 4.69) is 117 Å². The number of hydrogen-bond donors (Lipinski definition) is 0. The molecule has 3 nitrogen and oxygen atoms in total. The summed E-state index contributed by atoms with van der Waals surface area (Å²) in [6.07, 6.45) is 0. The molecule has 0 bridgehead atoms. The SMILES string of the molecule is CC1(C)c2ccccc2-c2c1ccc1c(-c3cccc(-c4cccc(-c5nc(-c6ccccc6)nc(-c6ccccc6)n5)c4)c3)cccc21. The van der Waals surface area contributed by atoms with Gasteiger partial charge in [-0.15, -0.1) is 0 Å². The van der Waals surface area contributed by atoms with Crippen molar-refractivity contribution in [2.24, 2.45) is 0 Å². The molecule has 232 valence electrons. The Bertz CT molecular complexity index is 2460. The molecule has 49 heavy (non-hydrogen) atoms. The summed E-state index contributed by atoms with van der Waals surface area (Å²) in [5.74, 6) is 1.97. The molecule has 0 saturated carbocycles. The van der Waals surface area contributed by atoms with Gasteiger partial charge in [0.2, 0.25) is 0 Å². The van der Waals surface area contributed by atoms with E-state index in [4.69, 9.17) is 15.0 Å². The van der Waals surface area contributed by atoms with Crippen LogP contribution in [0, 0.1) is 0 Å². The van der Waals surface area contributed by atoms with Gasteiger partial charge >= 0.3 is 0 Å². The average molecular weight is 628 g/mol. The van der Waals surface area contributed by atoms with Gasteiger partial charge in [0, 0.05) is 22.1 Å².